The van der Waals surface area contributed by atoms with Gasteiger partial charge in [-0.1, -0.05) is 25.0 Å². The number of benzene rings is 1. The Hall–Kier alpha value is -0.960. The molecular weight excluding hydrogens is 300 g/mol. The van der Waals surface area contributed by atoms with E-state index in [0.717, 1.165) is 25.7 Å². The molecule has 0 aliphatic heterocycles. The number of sulfonamides is 2. The monoisotopic (exact) mass is 318 g/mol. The zero-order valence-electron chi connectivity index (χ0n) is 10.9. The first-order valence-corrected chi connectivity index (χ1v) is 9.45. The molecule has 0 heterocycles. The van der Waals surface area contributed by atoms with Gasteiger partial charge in [0, 0.05) is 6.54 Å². The fourth-order valence-corrected chi connectivity index (χ4v) is 4.92. The van der Waals surface area contributed by atoms with Crippen molar-refractivity contribution >= 4 is 20.0 Å². The molecule has 0 spiro atoms. The van der Waals surface area contributed by atoms with Crippen LogP contribution in [-0.2, 0) is 20.0 Å². The molecule has 0 bridgehead atoms. The van der Waals surface area contributed by atoms with Gasteiger partial charge < -0.3 is 0 Å². The molecule has 1 fully saturated rings. The molecule has 6 nitrogen and oxygen atoms in total. The summed E-state index contributed by atoms with van der Waals surface area (Å²) in [6.07, 6.45) is 4.22. The minimum Gasteiger partial charge on any atom is -0.225 e. The van der Waals surface area contributed by atoms with Crippen LogP contribution in [0.4, 0.5) is 0 Å². The van der Waals surface area contributed by atoms with Crippen molar-refractivity contribution in [3.05, 3.63) is 24.3 Å². The van der Waals surface area contributed by atoms with E-state index >= 15 is 0 Å². The van der Waals surface area contributed by atoms with E-state index in [1.54, 1.807) is 0 Å². The normalized spacial score (nSPS) is 17.4. The van der Waals surface area contributed by atoms with E-state index in [-0.39, 0.29) is 9.79 Å². The van der Waals surface area contributed by atoms with Gasteiger partial charge in [-0.25, -0.2) is 26.7 Å². The predicted molar refractivity (Wildman–Crippen MR) is 75.0 cm³/mol. The first-order valence-electron chi connectivity index (χ1n) is 6.42. The summed E-state index contributed by atoms with van der Waals surface area (Å²) in [5.74, 6) is 0.325. The van der Waals surface area contributed by atoms with Crippen molar-refractivity contribution in [3.8, 4) is 0 Å². The van der Waals surface area contributed by atoms with Crippen LogP contribution in [0, 0.1) is 5.92 Å². The lowest BCUT2D eigenvalue weighted by atomic mass is 10.1. The van der Waals surface area contributed by atoms with Crippen LogP contribution >= 0.6 is 0 Å². The zero-order valence-corrected chi connectivity index (χ0v) is 12.6. The van der Waals surface area contributed by atoms with Gasteiger partial charge in [0.2, 0.25) is 20.0 Å². The van der Waals surface area contributed by atoms with Crippen LogP contribution in [0.3, 0.4) is 0 Å². The molecule has 1 aromatic carbocycles. The van der Waals surface area contributed by atoms with Crippen LogP contribution in [0.2, 0.25) is 0 Å². The summed E-state index contributed by atoms with van der Waals surface area (Å²) < 4.78 is 49.8. The fourth-order valence-electron chi connectivity index (χ4n) is 2.43. The molecule has 0 saturated heterocycles. The standard InChI is InChI=1S/C12H18N2O4S2/c13-19(15,16)11-7-3-4-8-12(11)20(17,18)14-9-10-5-1-2-6-10/h3-4,7-8,10,14H,1-2,5-6,9H2,(H2,13,15,16). The van der Waals surface area contributed by atoms with Crippen molar-refractivity contribution < 1.29 is 16.8 Å². The lowest BCUT2D eigenvalue weighted by molar-refractivity contribution is 0.518. The highest BCUT2D eigenvalue weighted by atomic mass is 32.2. The number of primary sulfonamides is 1. The molecule has 1 aliphatic carbocycles. The van der Waals surface area contributed by atoms with Crippen molar-refractivity contribution in [1.29, 1.82) is 0 Å². The maximum atomic E-state index is 12.2. The van der Waals surface area contributed by atoms with E-state index in [9.17, 15) is 16.8 Å². The Labute approximate surface area is 119 Å². The largest absolute Gasteiger partial charge is 0.241 e. The second-order valence-electron chi connectivity index (χ2n) is 4.99. The average Bonchev–Trinajstić information content (AvgIpc) is 2.89. The Kier molecular flexibility index (Phi) is 4.48. The minimum absolute atomic E-state index is 0.291. The smallest absolute Gasteiger partial charge is 0.225 e. The fraction of sp³-hybridized carbons (Fsp3) is 0.500. The molecule has 0 unspecified atom stereocenters. The second-order valence-corrected chi connectivity index (χ2v) is 8.26. The highest BCUT2D eigenvalue weighted by Crippen LogP contribution is 2.25. The van der Waals surface area contributed by atoms with Crippen LogP contribution in [0.1, 0.15) is 25.7 Å². The summed E-state index contributed by atoms with van der Waals surface area (Å²) in [6, 6.07) is 5.35. The van der Waals surface area contributed by atoms with Gasteiger partial charge in [-0.15, -0.1) is 0 Å². The SMILES string of the molecule is NS(=O)(=O)c1ccccc1S(=O)(=O)NCC1CCCC1. The van der Waals surface area contributed by atoms with Gasteiger partial charge in [-0.3, -0.25) is 0 Å². The van der Waals surface area contributed by atoms with Crippen LogP contribution in [-0.4, -0.2) is 23.4 Å². The molecule has 0 radical (unpaired) electrons. The molecule has 3 N–H and O–H groups in total. The lowest BCUT2D eigenvalue weighted by Gasteiger charge is -2.13. The van der Waals surface area contributed by atoms with Crippen molar-refractivity contribution in [2.24, 2.45) is 11.1 Å². The highest BCUT2D eigenvalue weighted by molar-refractivity contribution is 7.92. The Morgan fingerprint density at radius 3 is 2.15 bits per heavy atom. The molecule has 1 saturated carbocycles. The molecule has 20 heavy (non-hydrogen) atoms. The van der Waals surface area contributed by atoms with Crippen molar-refractivity contribution in [1.82, 2.24) is 4.72 Å². The summed E-state index contributed by atoms with van der Waals surface area (Å²) in [5.41, 5.74) is 0. The second kappa shape index (κ2) is 5.80. The Morgan fingerprint density at radius 1 is 1.05 bits per heavy atom. The molecule has 1 aliphatic rings. The molecule has 8 heteroatoms. The topological polar surface area (TPSA) is 106 Å². The van der Waals surface area contributed by atoms with Crippen LogP contribution < -0.4 is 9.86 Å². The number of nitrogens with one attached hydrogen (secondary N) is 1. The van der Waals surface area contributed by atoms with E-state index in [0.29, 0.717) is 12.5 Å². The van der Waals surface area contributed by atoms with E-state index in [1.165, 1.54) is 24.3 Å². The van der Waals surface area contributed by atoms with E-state index in [4.69, 9.17) is 5.14 Å². The van der Waals surface area contributed by atoms with E-state index < -0.39 is 20.0 Å². The van der Waals surface area contributed by atoms with Gasteiger partial charge in [0.25, 0.3) is 0 Å². The van der Waals surface area contributed by atoms with Crippen molar-refractivity contribution in [2.45, 2.75) is 35.5 Å². The number of rotatable bonds is 5. The van der Waals surface area contributed by atoms with Crippen molar-refractivity contribution in [2.75, 3.05) is 6.54 Å². The minimum atomic E-state index is -4.07. The van der Waals surface area contributed by atoms with Gasteiger partial charge in [0.15, 0.2) is 0 Å². The van der Waals surface area contributed by atoms with Gasteiger partial charge in [-0.2, -0.15) is 0 Å². The third kappa shape index (κ3) is 3.57. The quantitative estimate of drug-likeness (QED) is 0.837. The number of hydrogen-bond donors (Lipinski definition) is 2. The molecular formula is C12H18N2O4S2. The number of hydrogen-bond acceptors (Lipinski definition) is 4. The molecule has 0 aromatic heterocycles. The maximum Gasteiger partial charge on any atom is 0.241 e. The average molecular weight is 318 g/mol. The van der Waals surface area contributed by atoms with Crippen LogP contribution in [0.5, 0.6) is 0 Å². The zero-order chi connectivity index (χ0) is 14.8. The summed E-state index contributed by atoms with van der Waals surface area (Å²) >= 11 is 0. The Balaban J connectivity index is 2.25. The number of nitrogens with two attached hydrogens (primary N) is 1. The first kappa shape index (κ1) is 15.4. The summed E-state index contributed by atoms with van der Waals surface area (Å²) in [4.78, 5) is -0.667. The first-order chi connectivity index (χ1) is 9.31. The third-order valence-corrected chi connectivity index (χ3v) is 6.06. The highest BCUT2D eigenvalue weighted by Gasteiger charge is 2.25. The van der Waals surface area contributed by atoms with Gasteiger partial charge in [0.05, 0.1) is 0 Å². The van der Waals surface area contributed by atoms with Gasteiger partial charge in [-0.05, 0) is 30.9 Å². The Morgan fingerprint density at radius 2 is 1.60 bits per heavy atom. The summed E-state index contributed by atoms with van der Waals surface area (Å²) in [5, 5.41) is 5.05. The van der Waals surface area contributed by atoms with E-state index in [2.05, 4.69) is 4.72 Å². The van der Waals surface area contributed by atoms with E-state index in [1.807, 2.05) is 0 Å². The van der Waals surface area contributed by atoms with Crippen LogP contribution in [0.25, 0.3) is 0 Å². The molecule has 1 aromatic rings. The molecule has 112 valence electrons. The summed E-state index contributed by atoms with van der Waals surface area (Å²) in [6.45, 7) is 0.335. The molecule has 0 atom stereocenters. The van der Waals surface area contributed by atoms with Crippen molar-refractivity contribution in [3.63, 3.8) is 0 Å². The maximum absolute atomic E-state index is 12.2. The summed E-state index contributed by atoms with van der Waals surface area (Å²) in [7, 11) is -7.94. The van der Waals surface area contributed by atoms with Crippen LogP contribution in [0.15, 0.2) is 34.1 Å². The third-order valence-electron chi connectivity index (χ3n) is 3.48. The lowest BCUT2D eigenvalue weighted by Crippen LogP contribution is -2.30. The van der Waals surface area contributed by atoms with Gasteiger partial charge >= 0.3 is 0 Å². The Bertz CT molecular complexity index is 677. The van der Waals surface area contributed by atoms with Gasteiger partial charge in [0.1, 0.15) is 9.79 Å². The molecule has 0 amide bonds. The molecule has 2 rings (SSSR count). The predicted octanol–water partition coefficient (Wildman–Crippen LogP) is 0.802.